The standard InChI is InChI=1S/C18H36N2O/c1-7-19-15-8-10-16(11-9-15)20(6)17(21)12-14(2)13-18(3,4)5/h14-16,19H,7-13H2,1-6H3. The highest BCUT2D eigenvalue weighted by Crippen LogP contribution is 2.28. The molecule has 1 N–H and O–H groups in total. The van der Waals surface area contributed by atoms with Crippen LogP contribution in [0.4, 0.5) is 0 Å². The van der Waals surface area contributed by atoms with Crippen molar-refractivity contribution in [3.05, 3.63) is 0 Å². The summed E-state index contributed by atoms with van der Waals surface area (Å²) in [6.45, 7) is 12.2. The van der Waals surface area contributed by atoms with Crippen molar-refractivity contribution in [3.63, 3.8) is 0 Å². The molecular formula is C18H36N2O. The molecule has 1 aliphatic carbocycles. The van der Waals surface area contributed by atoms with E-state index < -0.39 is 0 Å². The molecule has 0 bridgehead atoms. The molecule has 1 aliphatic rings. The summed E-state index contributed by atoms with van der Waals surface area (Å²) in [6, 6.07) is 1.11. The predicted octanol–water partition coefficient (Wildman–Crippen LogP) is 3.83. The highest BCUT2D eigenvalue weighted by molar-refractivity contribution is 5.76. The second kappa shape index (κ2) is 8.17. The minimum absolute atomic E-state index is 0.308. The molecule has 124 valence electrons. The maximum absolute atomic E-state index is 12.5. The van der Waals surface area contributed by atoms with Gasteiger partial charge >= 0.3 is 0 Å². The zero-order valence-electron chi connectivity index (χ0n) is 15.0. The summed E-state index contributed by atoms with van der Waals surface area (Å²) in [5.74, 6) is 0.802. The van der Waals surface area contributed by atoms with Gasteiger partial charge in [0, 0.05) is 25.6 Å². The minimum atomic E-state index is 0.308. The Balaban J connectivity index is 2.38. The summed E-state index contributed by atoms with van der Waals surface area (Å²) in [7, 11) is 2.00. The van der Waals surface area contributed by atoms with Crippen LogP contribution >= 0.6 is 0 Å². The van der Waals surface area contributed by atoms with Gasteiger partial charge < -0.3 is 10.2 Å². The monoisotopic (exact) mass is 296 g/mol. The van der Waals surface area contributed by atoms with Crippen molar-refractivity contribution >= 4 is 5.91 Å². The number of rotatable bonds is 6. The molecule has 1 rings (SSSR count). The highest BCUT2D eigenvalue weighted by atomic mass is 16.2. The summed E-state index contributed by atoms with van der Waals surface area (Å²) in [4.78, 5) is 14.5. The first-order chi connectivity index (χ1) is 9.73. The molecular weight excluding hydrogens is 260 g/mol. The van der Waals surface area contributed by atoms with Crippen molar-refractivity contribution in [2.45, 2.75) is 85.2 Å². The van der Waals surface area contributed by atoms with Crippen LogP contribution in [0.1, 0.15) is 73.1 Å². The average molecular weight is 296 g/mol. The fourth-order valence-electron chi connectivity index (χ4n) is 3.72. The molecule has 0 aliphatic heterocycles. The van der Waals surface area contributed by atoms with E-state index in [4.69, 9.17) is 0 Å². The summed E-state index contributed by atoms with van der Waals surface area (Å²) in [5, 5.41) is 3.53. The zero-order chi connectivity index (χ0) is 16.0. The second-order valence-electron chi connectivity index (χ2n) is 8.14. The Hall–Kier alpha value is -0.570. The Labute approximate surface area is 131 Å². The first-order valence-corrected chi connectivity index (χ1v) is 8.72. The lowest BCUT2D eigenvalue weighted by Crippen LogP contribution is -2.43. The van der Waals surface area contributed by atoms with E-state index in [1.165, 1.54) is 12.8 Å². The van der Waals surface area contributed by atoms with Gasteiger partial charge in [0.15, 0.2) is 0 Å². The molecule has 21 heavy (non-hydrogen) atoms. The molecule has 0 aromatic heterocycles. The molecule has 0 heterocycles. The molecule has 1 fully saturated rings. The summed E-state index contributed by atoms with van der Waals surface area (Å²) < 4.78 is 0. The topological polar surface area (TPSA) is 32.3 Å². The first-order valence-electron chi connectivity index (χ1n) is 8.72. The van der Waals surface area contributed by atoms with Gasteiger partial charge in [0.05, 0.1) is 0 Å². The van der Waals surface area contributed by atoms with Crippen LogP contribution < -0.4 is 5.32 Å². The quantitative estimate of drug-likeness (QED) is 0.808. The van der Waals surface area contributed by atoms with Crippen LogP contribution in [0.5, 0.6) is 0 Å². The van der Waals surface area contributed by atoms with Crippen molar-refractivity contribution in [1.29, 1.82) is 0 Å². The van der Waals surface area contributed by atoms with E-state index in [0.717, 1.165) is 25.8 Å². The molecule has 0 aromatic carbocycles. The van der Waals surface area contributed by atoms with Gasteiger partial charge in [-0.3, -0.25) is 4.79 Å². The van der Waals surface area contributed by atoms with Gasteiger partial charge in [-0.1, -0.05) is 34.6 Å². The fourth-order valence-corrected chi connectivity index (χ4v) is 3.72. The number of carbonyl (C=O) groups excluding carboxylic acids is 1. The van der Waals surface area contributed by atoms with Crippen molar-refractivity contribution in [2.75, 3.05) is 13.6 Å². The molecule has 1 amide bonds. The van der Waals surface area contributed by atoms with Crippen molar-refractivity contribution in [2.24, 2.45) is 11.3 Å². The molecule has 1 atom stereocenters. The second-order valence-corrected chi connectivity index (χ2v) is 8.14. The lowest BCUT2D eigenvalue weighted by atomic mass is 9.83. The number of carbonyl (C=O) groups is 1. The van der Waals surface area contributed by atoms with Gasteiger partial charge in [0.1, 0.15) is 0 Å². The summed E-state index contributed by atoms with van der Waals surface area (Å²) >= 11 is 0. The number of hydrogen-bond donors (Lipinski definition) is 1. The largest absolute Gasteiger partial charge is 0.343 e. The third kappa shape index (κ3) is 6.82. The van der Waals surface area contributed by atoms with Crippen LogP contribution in [0.3, 0.4) is 0 Å². The maximum atomic E-state index is 12.5. The van der Waals surface area contributed by atoms with Gasteiger partial charge in [-0.05, 0) is 50.0 Å². The van der Waals surface area contributed by atoms with Crippen LogP contribution in [0.2, 0.25) is 0 Å². The molecule has 0 spiro atoms. The lowest BCUT2D eigenvalue weighted by molar-refractivity contribution is -0.133. The summed E-state index contributed by atoms with van der Waals surface area (Å²) in [6.07, 6.45) is 6.50. The average Bonchev–Trinajstić information content (AvgIpc) is 2.36. The normalized spacial score (nSPS) is 24.7. The third-order valence-electron chi connectivity index (χ3n) is 4.61. The van der Waals surface area contributed by atoms with Gasteiger partial charge in [-0.25, -0.2) is 0 Å². The van der Waals surface area contributed by atoms with Crippen molar-refractivity contribution in [1.82, 2.24) is 10.2 Å². The van der Waals surface area contributed by atoms with Crippen LogP contribution in [0, 0.1) is 11.3 Å². The Morgan fingerprint density at radius 1 is 1.24 bits per heavy atom. The maximum Gasteiger partial charge on any atom is 0.222 e. The molecule has 1 unspecified atom stereocenters. The molecule has 3 heteroatoms. The number of nitrogens with one attached hydrogen (secondary N) is 1. The van der Waals surface area contributed by atoms with E-state index in [9.17, 15) is 4.79 Å². The number of nitrogens with zero attached hydrogens (tertiary/aromatic N) is 1. The Morgan fingerprint density at radius 3 is 2.29 bits per heavy atom. The molecule has 0 radical (unpaired) electrons. The van der Waals surface area contributed by atoms with Crippen LogP contribution in [0.15, 0.2) is 0 Å². The van der Waals surface area contributed by atoms with E-state index in [-0.39, 0.29) is 0 Å². The van der Waals surface area contributed by atoms with Crippen LogP contribution in [-0.4, -0.2) is 36.5 Å². The number of hydrogen-bond acceptors (Lipinski definition) is 2. The summed E-state index contributed by atoms with van der Waals surface area (Å²) in [5.41, 5.74) is 0.308. The third-order valence-corrected chi connectivity index (χ3v) is 4.61. The van der Waals surface area contributed by atoms with E-state index in [1.807, 2.05) is 11.9 Å². The lowest BCUT2D eigenvalue weighted by Gasteiger charge is -2.35. The van der Waals surface area contributed by atoms with Gasteiger partial charge in [0.2, 0.25) is 5.91 Å². The predicted molar refractivity (Wildman–Crippen MR) is 90.3 cm³/mol. The minimum Gasteiger partial charge on any atom is -0.343 e. The van der Waals surface area contributed by atoms with Gasteiger partial charge in [-0.2, -0.15) is 0 Å². The Morgan fingerprint density at radius 2 is 1.81 bits per heavy atom. The van der Waals surface area contributed by atoms with E-state index >= 15 is 0 Å². The van der Waals surface area contributed by atoms with Gasteiger partial charge in [-0.15, -0.1) is 0 Å². The van der Waals surface area contributed by atoms with E-state index in [1.54, 1.807) is 0 Å². The molecule has 1 saturated carbocycles. The Bertz CT molecular complexity index is 314. The first kappa shape index (κ1) is 18.5. The Kier molecular flexibility index (Phi) is 7.19. The van der Waals surface area contributed by atoms with Crippen molar-refractivity contribution < 1.29 is 4.79 Å². The van der Waals surface area contributed by atoms with E-state index in [0.29, 0.717) is 35.7 Å². The molecule has 0 saturated heterocycles. The van der Waals surface area contributed by atoms with Crippen LogP contribution in [0.25, 0.3) is 0 Å². The van der Waals surface area contributed by atoms with Crippen LogP contribution in [-0.2, 0) is 4.79 Å². The van der Waals surface area contributed by atoms with Gasteiger partial charge in [0.25, 0.3) is 0 Å². The molecule has 3 nitrogen and oxygen atoms in total. The zero-order valence-corrected chi connectivity index (χ0v) is 15.0. The van der Waals surface area contributed by atoms with Crippen molar-refractivity contribution in [3.8, 4) is 0 Å². The molecule has 0 aromatic rings. The van der Waals surface area contributed by atoms with E-state index in [2.05, 4.69) is 39.9 Å². The fraction of sp³-hybridized carbons (Fsp3) is 0.944. The highest BCUT2D eigenvalue weighted by Gasteiger charge is 2.27. The number of amides is 1. The smallest absolute Gasteiger partial charge is 0.222 e. The SMILES string of the molecule is CCNC1CCC(N(C)C(=O)CC(C)CC(C)(C)C)CC1.